The Bertz CT molecular complexity index is 838. The van der Waals surface area contributed by atoms with Crippen LogP contribution in [0.5, 0.6) is 0 Å². The summed E-state index contributed by atoms with van der Waals surface area (Å²) in [6.45, 7) is 4.27. The average molecular weight is 400 g/mol. The number of rotatable bonds is 6. The Balaban J connectivity index is 1.62. The smallest absolute Gasteiger partial charge is 0.271 e. The van der Waals surface area contributed by atoms with Gasteiger partial charge in [-0.2, -0.15) is 9.78 Å². The number of hydrogen-bond donors (Lipinski definition) is 1. The first-order chi connectivity index (χ1) is 13.5. The molecule has 28 heavy (non-hydrogen) atoms. The topological polar surface area (TPSA) is 64.0 Å². The van der Waals surface area contributed by atoms with Gasteiger partial charge >= 0.3 is 0 Å². The molecule has 0 spiro atoms. The SMILES string of the molecule is CC(C)c1ccc(-n2nc(SCC(=O)NC3CCCCCC3)ccc2=O)cc1. The maximum atomic E-state index is 12.3. The lowest BCUT2D eigenvalue weighted by atomic mass is 10.0. The molecule has 0 saturated heterocycles. The van der Waals surface area contributed by atoms with Gasteiger partial charge in [0.2, 0.25) is 5.91 Å². The van der Waals surface area contributed by atoms with Gasteiger partial charge in [-0.05, 0) is 42.5 Å². The number of nitrogens with one attached hydrogen (secondary N) is 1. The molecule has 1 heterocycles. The highest BCUT2D eigenvalue weighted by Crippen LogP contribution is 2.19. The van der Waals surface area contributed by atoms with Crippen LogP contribution in [0.1, 0.15) is 63.9 Å². The zero-order valence-corrected chi connectivity index (χ0v) is 17.5. The van der Waals surface area contributed by atoms with Gasteiger partial charge in [0.25, 0.3) is 5.56 Å². The van der Waals surface area contributed by atoms with E-state index in [0.29, 0.717) is 22.7 Å². The van der Waals surface area contributed by atoms with Gasteiger partial charge in [-0.3, -0.25) is 9.59 Å². The summed E-state index contributed by atoms with van der Waals surface area (Å²) in [7, 11) is 0. The van der Waals surface area contributed by atoms with Crippen LogP contribution in [0.25, 0.3) is 5.69 Å². The van der Waals surface area contributed by atoms with Gasteiger partial charge in [-0.15, -0.1) is 0 Å². The van der Waals surface area contributed by atoms with Crippen molar-refractivity contribution >= 4 is 17.7 Å². The molecule has 1 amide bonds. The molecule has 0 radical (unpaired) electrons. The normalized spacial score (nSPS) is 15.4. The van der Waals surface area contributed by atoms with Crippen LogP contribution in [0.3, 0.4) is 0 Å². The Labute approximate surface area is 170 Å². The maximum Gasteiger partial charge on any atom is 0.271 e. The number of hydrogen-bond acceptors (Lipinski definition) is 4. The van der Waals surface area contributed by atoms with E-state index < -0.39 is 0 Å². The molecule has 1 aromatic carbocycles. The Morgan fingerprint density at radius 1 is 1.11 bits per heavy atom. The highest BCUT2D eigenvalue weighted by molar-refractivity contribution is 7.99. The van der Waals surface area contributed by atoms with Crippen molar-refractivity contribution in [1.29, 1.82) is 0 Å². The van der Waals surface area contributed by atoms with E-state index in [0.717, 1.165) is 18.5 Å². The van der Waals surface area contributed by atoms with Crippen molar-refractivity contribution in [1.82, 2.24) is 15.1 Å². The summed E-state index contributed by atoms with van der Waals surface area (Å²) in [5, 5.41) is 8.26. The van der Waals surface area contributed by atoms with Crippen molar-refractivity contribution in [3.63, 3.8) is 0 Å². The van der Waals surface area contributed by atoms with Crippen LogP contribution >= 0.6 is 11.8 Å². The quantitative estimate of drug-likeness (QED) is 0.581. The summed E-state index contributed by atoms with van der Waals surface area (Å²) in [4.78, 5) is 24.5. The highest BCUT2D eigenvalue weighted by atomic mass is 32.2. The second kappa shape index (κ2) is 9.92. The summed E-state index contributed by atoms with van der Waals surface area (Å²) < 4.78 is 1.40. The van der Waals surface area contributed by atoms with E-state index in [1.807, 2.05) is 24.3 Å². The number of thioether (sulfide) groups is 1. The van der Waals surface area contributed by atoms with Crippen molar-refractivity contribution in [3.8, 4) is 5.69 Å². The minimum absolute atomic E-state index is 0.0396. The molecule has 0 aliphatic heterocycles. The molecule has 0 atom stereocenters. The molecule has 2 aromatic rings. The Hall–Kier alpha value is -2.08. The van der Waals surface area contributed by atoms with Crippen LogP contribution in [0.4, 0.5) is 0 Å². The molecule has 3 rings (SSSR count). The third-order valence-electron chi connectivity index (χ3n) is 5.15. The molecule has 1 saturated carbocycles. The molecule has 1 fully saturated rings. The van der Waals surface area contributed by atoms with E-state index in [9.17, 15) is 9.59 Å². The Morgan fingerprint density at radius 2 is 1.79 bits per heavy atom. The zero-order chi connectivity index (χ0) is 19.9. The van der Waals surface area contributed by atoms with Crippen molar-refractivity contribution in [2.24, 2.45) is 0 Å². The van der Waals surface area contributed by atoms with Crippen molar-refractivity contribution < 1.29 is 4.79 Å². The van der Waals surface area contributed by atoms with E-state index in [4.69, 9.17) is 0 Å². The van der Waals surface area contributed by atoms with E-state index in [-0.39, 0.29) is 11.5 Å². The molecule has 1 aromatic heterocycles. The second-order valence-electron chi connectivity index (χ2n) is 7.71. The molecule has 0 bridgehead atoms. The summed E-state index contributed by atoms with van der Waals surface area (Å²) in [6.07, 6.45) is 7.08. The summed E-state index contributed by atoms with van der Waals surface area (Å²) >= 11 is 1.37. The fourth-order valence-corrected chi connectivity index (χ4v) is 4.16. The second-order valence-corrected chi connectivity index (χ2v) is 8.71. The summed E-state index contributed by atoms with van der Waals surface area (Å²) in [5.74, 6) is 0.791. The first-order valence-corrected chi connectivity index (χ1v) is 11.1. The van der Waals surface area contributed by atoms with Gasteiger partial charge in [0.15, 0.2) is 0 Å². The van der Waals surface area contributed by atoms with Gasteiger partial charge in [-0.25, -0.2) is 0 Å². The van der Waals surface area contributed by atoms with Gasteiger partial charge in [0.1, 0.15) is 5.03 Å². The van der Waals surface area contributed by atoms with Crippen LogP contribution in [-0.4, -0.2) is 27.5 Å². The van der Waals surface area contributed by atoms with Crippen molar-refractivity contribution in [2.45, 2.75) is 69.4 Å². The van der Waals surface area contributed by atoms with Gasteiger partial charge in [-0.1, -0.05) is 63.4 Å². The van der Waals surface area contributed by atoms with Gasteiger partial charge in [0.05, 0.1) is 11.4 Å². The minimum atomic E-state index is -0.176. The molecular formula is C22H29N3O2S. The monoisotopic (exact) mass is 399 g/mol. The summed E-state index contributed by atoms with van der Waals surface area (Å²) in [5.41, 5.74) is 1.78. The largest absolute Gasteiger partial charge is 0.353 e. The number of amides is 1. The number of benzene rings is 1. The van der Waals surface area contributed by atoms with Crippen LogP contribution in [0.15, 0.2) is 46.2 Å². The first kappa shape index (κ1) is 20.6. The van der Waals surface area contributed by atoms with E-state index in [1.54, 1.807) is 6.07 Å². The number of aromatic nitrogens is 2. The van der Waals surface area contributed by atoms with Crippen molar-refractivity contribution in [2.75, 3.05) is 5.75 Å². The predicted molar refractivity (Wildman–Crippen MR) is 114 cm³/mol. The third kappa shape index (κ3) is 5.71. The Kier molecular flexibility index (Phi) is 7.31. The third-order valence-corrected chi connectivity index (χ3v) is 6.07. The van der Waals surface area contributed by atoms with Gasteiger partial charge < -0.3 is 5.32 Å². The average Bonchev–Trinajstić information content (AvgIpc) is 2.96. The molecule has 1 aliphatic rings. The predicted octanol–water partition coefficient (Wildman–Crippen LogP) is 4.29. The molecular weight excluding hydrogens is 370 g/mol. The lowest BCUT2D eigenvalue weighted by molar-refractivity contribution is -0.119. The fourth-order valence-electron chi connectivity index (χ4n) is 3.49. The molecule has 150 valence electrons. The fraction of sp³-hybridized carbons (Fsp3) is 0.500. The van der Waals surface area contributed by atoms with Crippen LogP contribution in [0.2, 0.25) is 0 Å². The minimum Gasteiger partial charge on any atom is -0.353 e. The molecule has 5 nitrogen and oxygen atoms in total. The van der Waals surface area contributed by atoms with Crippen molar-refractivity contribution in [3.05, 3.63) is 52.3 Å². The van der Waals surface area contributed by atoms with E-state index in [1.165, 1.54) is 53.8 Å². The molecule has 1 N–H and O–H groups in total. The van der Waals surface area contributed by atoms with Gasteiger partial charge in [0, 0.05) is 12.1 Å². The number of nitrogens with zero attached hydrogens (tertiary/aromatic N) is 2. The van der Waals surface area contributed by atoms with Crippen LogP contribution < -0.4 is 10.9 Å². The summed E-state index contributed by atoms with van der Waals surface area (Å²) in [6, 6.07) is 11.4. The molecule has 0 unspecified atom stereocenters. The highest BCUT2D eigenvalue weighted by Gasteiger charge is 2.15. The van der Waals surface area contributed by atoms with Crippen LogP contribution in [-0.2, 0) is 4.79 Å². The first-order valence-electron chi connectivity index (χ1n) is 10.2. The Morgan fingerprint density at radius 3 is 2.43 bits per heavy atom. The van der Waals surface area contributed by atoms with E-state index >= 15 is 0 Å². The maximum absolute atomic E-state index is 12.3. The number of carbonyl (C=O) groups excluding carboxylic acids is 1. The molecule has 6 heteroatoms. The number of carbonyl (C=O) groups is 1. The van der Waals surface area contributed by atoms with E-state index in [2.05, 4.69) is 24.3 Å². The lowest BCUT2D eigenvalue weighted by Gasteiger charge is -2.16. The molecule has 1 aliphatic carbocycles. The standard InChI is InChI=1S/C22H29N3O2S/c1-16(2)17-9-11-19(12-10-17)25-22(27)14-13-21(24-25)28-15-20(26)23-18-7-5-3-4-6-8-18/h9-14,16,18H,3-8,15H2,1-2H3,(H,23,26). The zero-order valence-electron chi connectivity index (χ0n) is 16.7. The van der Waals surface area contributed by atoms with Crippen LogP contribution in [0, 0.1) is 0 Å². The lowest BCUT2D eigenvalue weighted by Crippen LogP contribution is -2.35.